The molecule has 8 nitrogen and oxygen atoms in total. The summed E-state index contributed by atoms with van der Waals surface area (Å²) in [5.74, 6) is 2.36. The topological polar surface area (TPSA) is 90.9 Å². The van der Waals surface area contributed by atoms with Gasteiger partial charge in [-0.2, -0.15) is 4.68 Å². The Hall–Kier alpha value is -3.38. The zero-order valence-corrected chi connectivity index (χ0v) is 13.0. The maximum absolute atomic E-state index is 12.3. The fraction of sp³-hybridized carbons (Fsp3) is 0.0667. The van der Waals surface area contributed by atoms with Crippen LogP contribution >= 0.6 is 11.3 Å². The molecule has 0 bridgehead atoms. The van der Waals surface area contributed by atoms with E-state index in [2.05, 4.69) is 31.2 Å². The minimum atomic E-state index is -0.386. The first-order chi connectivity index (χ1) is 11.8. The highest BCUT2D eigenvalue weighted by molar-refractivity contribution is 7.13. The molecule has 24 heavy (non-hydrogen) atoms. The predicted octanol–water partition coefficient (Wildman–Crippen LogP) is 1.10. The zero-order chi connectivity index (χ0) is 16.5. The van der Waals surface area contributed by atoms with Crippen molar-refractivity contribution in [2.45, 2.75) is 6.54 Å². The number of pyridine rings is 1. The van der Waals surface area contributed by atoms with E-state index < -0.39 is 0 Å². The molecule has 0 unspecified atom stereocenters. The average Bonchev–Trinajstić information content (AvgIpc) is 3.25. The number of aromatic nitrogens is 7. The minimum Gasteiger partial charge on any atom is -0.265 e. The molecular formula is C15H9N7OS. The second kappa shape index (κ2) is 5.68. The molecule has 0 aliphatic heterocycles. The molecule has 4 aromatic heterocycles. The standard InChI is InChI=1S/C15H9N7OS/c1-2-7-22-15(23)21-9-17-12(13(21)19-20-22)14-18-11(8-24-14)10-3-5-16-6-4-10/h1,3-6,8-9H,7H2. The first-order valence-electron chi connectivity index (χ1n) is 6.88. The number of nitrogens with zero attached hydrogens (tertiary/aromatic N) is 7. The van der Waals surface area contributed by atoms with Crippen molar-refractivity contribution >= 4 is 17.0 Å². The molecule has 116 valence electrons. The van der Waals surface area contributed by atoms with Crippen LogP contribution in [0.3, 0.4) is 0 Å². The van der Waals surface area contributed by atoms with Crippen LogP contribution in [-0.2, 0) is 6.54 Å². The Labute approximate surface area is 139 Å². The molecule has 4 rings (SSSR count). The van der Waals surface area contributed by atoms with Crippen LogP contribution in [0.5, 0.6) is 0 Å². The molecule has 0 aliphatic rings. The van der Waals surface area contributed by atoms with Gasteiger partial charge in [-0.3, -0.25) is 4.98 Å². The van der Waals surface area contributed by atoms with Gasteiger partial charge >= 0.3 is 5.69 Å². The van der Waals surface area contributed by atoms with Gasteiger partial charge in [0.05, 0.1) is 5.69 Å². The summed E-state index contributed by atoms with van der Waals surface area (Å²) in [5.41, 5.74) is 2.25. The number of thiazole rings is 1. The molecule has 0 fully saturated rings. The van der Waals surface area contributed by atoms with Crippen LogP contribution in [-0.4, -0.2) is 34.3 Å². The van der Waals surface area contributed by atoms with Crippen molar-refractivity contribution < 1.29 is 0 Å². The third-order valence-electron chi connectivity index (χ3n) is 3.34. The van der Waals surface area contributed by atoms with Gasteiger partial charge in [-0.05, 0) is 12.1 Å². The van der Waals surface area contributed by atoms with Crippen molar-refractivity contribution in [1.29, 1.82) is 0 Å². The lowest BCUT2D eigenvalue weighted by atomic mass is 10.2. The third kappa shape index (κ3) is 2.26. The van der Waals surface area contributed by atoms with Gasteiger partial charge in [-0.25, -0.2) is 19.2 Å². The quantitative estimate of drug-likeness (QED) is 0.521. The van der Waals surface area contributed by atoms with Crippen LogP contribution in [0, 0.1) is 12.3 Å². The lowest BCUT2D eigenvalue weighted by molar-refractivity contribution is 0.577. The summed E-state index contributed by atoms with van der Waals surface area (Å²) in [4.78, 5) is 25.1. The van der Waals surface area contributed by atoms with Crippen LogP contribution in [0.25, 0.3) is 27.6 Å². The van der Waals surface area contributed by atoms with Crippen molar-refractivity contribution in [2.24, 2.45) is 0 Å². The summed E-state index contributed by atoms with van der Waals surface area (Å²) in [5, 5.41) is 10.5. The molecule has 0 saturated carbocycles. The van der Waals surface area contributed by atoms with E-state index in [0.717, 1.165) is 15.9 Å². The van der Waals surface area contributed by atoms with E-state index in [1.165, 1.54) is 22.1 Å². The highest BCUT2D eigenvalue weighted by Crippen LogP contribution is 2.29. The normalized spacial score (nSPS) is 10.8. The monoisotopic (exact) mass is 335 g/mol. The van der Waals surface area contributed by atoms with Crippen LogP contribution in [0.1, 0.15) is 0 Å². The molecule has 0 amide bonds. The SMILES string of the molecule is C#CCn1nnc2c(-c3nc(-c4ccncc4)cs3)ncn2c1=O. The zero-order valence-electron chi connectivity index (χ0n) is 12.2. The Kier molecular flexibility index (Phi) is 3.36. The molecule has 0 radical (unpaired) electrons. The molecule has 0 spiro atoms. The summed E-state index contributed by atoms with van der Waals surface area (Å²) in [6.45, 7) is 0.0543. The smallest absolute Gasteiger partial charge is 0.265 e. The van der Waals surface area contributed by atoms with Gasteiger partial charge < -0.3 is 0 Å². The van der Waals surface area contributed by atoms with Crippen LogP contribution < -0.4 is 5.69 Å². The van der Waals surface area contributed by atoms with E-state index in [-0.39, 0.29) is 12.2 Å². The van der Waals surface area contributed by atoms with E-state index in [1.807, 2.05) is 17.5 Å². The summed E-state index contributed by atoms with van der Waals surface area (Å²) >= 11 is 1.42. The van der Waals surface area contributed by atoms with Gasteiger partial charge in [0.15, 0.2) is 5.65 Å². The summed E-state index contributed by atoms with van der Waals surface area (Å²) in [7, 11) is 0. The first kappa shape index (κ1) is 14.2. The summed E-state index contributed by atoms with van der Waals surface area (Å²) in [6, 6.07) is 3.75. The van der Waals surface area contributed by atoms with E-state index in [1.54, 1.807) is 12.4 Å². The van der Waals surface area contributed by atoms with Crippen LogP contribution in [0.4, 0.5) is 0 Å². The Bertz CT molecular complexity index is 1120. The molecule has 0 aliphatic carbocycles. The van der Waals surface area contributed by atoms with Crippen LogP contribution in [0.15, 0.2) is 41.0 Å². The Morgan fingerprint density at radius 3 is 2.92 bits per heavy atom. The van der Waals surface area contributed by atoms with Crippen molar-refractivity contribution in [3.63, 3.8) is 0 Å². The van der Waals surface area contributed by atoms with E-state index in [0.29, 0.717) is 16.3 Å². The first-order valence-corrected chi connectivity index (χ1v) is 7.76. The Morgan fingerprint density at radius 1 is 1.29 bits per heavy atom. The Balaban J connectivity index is 1.81. The number of fused-ring (bicyclic) bond motifs is 1. The molecule has 9 heteroatoms. The number of terminal acetylenes is 1. The molecular weight excluding hydrogens is 326 g/mol. The fourth-order valence-corrected chi connectivity index (χ4v) is 3.03. The highest BCUT2D eigenvalue weighted by Gasteiger charge is 2.16. The fourth-order valence-electron chi connectivity index (χ4n) is 2.21. The van der Waals surface area contributed by atoms with Gasteiger partial charge in [0.2, 0.25) is 0 Å². The van der Waals surface area contributed by atoms with Crippen LogP contribution in [0.2, 0.25) is 0 Å². The predicted molar refractivity (Wildman–Crippen MR) is 88.2 cm³/mol. The Morgan fingerprint density at radius 2 is 2.12 bits per heavy atom. The maximum atomic E-state index is 12.3. The maximum Gasteiger partial charge on any atom is 0.353 e. The summed E-state index contributed by atoms with van der Waals surface area (Å²) in [6.07, 6.45) is 10.0. The van der Waals surface area contributed by atoms with Gasteiger partial charge in [0.25, 0.3) is 0 Å². The number of hydrogen-bond acceptors (Lipinski definition) is 7. The number of rotatable bonds is 3. The van der Waals surface area contributed by atoms with E-state index in [4.69, 9.17) is 6.42 Å². The van der Waals surface area contributed by atoms with Gasteiger partial charge in [-0.1, -0.05) is 11.1 Å². The average molecular weight is 335 g/mol. The highest BCUT2D eigenvalue weighted by atomic mass is 32.1. The molecule has 0 aromatic carbocycles. The van der Waals surface area contributed by atoms with Crippen molar-refractivity contribution in [1.82, 2.24) is 34.3 Å². The minimum absolute atomic E-state index is 0.0543. The van der Waals surface area contributed by atoms with Gasteiger partial charge in [-0.15, -0.1) is 22.9 Å². The van der Waals surface area contributed by atoms with Gasteiger partial charge in [0.1, 0.15) is 23.6 Å². The lowest BCUT2D eigenvalue weighted by Crippen LogP contribution is -2.29. The summed E-state index contributed by atoms with van der Waals surface area (Å²) < 4.78 is 2.41. The van der Waals surface area contributed by atoms with Crippen molar-refractivity contribution in [3.8, 4) is 34.3 Å². The molecule has 0 saturated heterocycles. The second-order valence-electron chi connectivity index (χ2n) is 4.79. The van der Waals surface area contributed by atoms with Crippen molar-refractivity contribution in [2.75, 3.05) is 0 Å². The molecule has 0 atom stereocenters. The second-order valence-corrected chi connectivity index (χ2v) is 5.65. The third-order valence-corrected chi connectivity index (χ3v) is 4.19. The number of imidazole rings is 1. The largest absolute Gasteiger partial charge is 0.353 e. The van der Waals surface area contributed by atoms with Gasteiger partial charge in [0, 0.05) is 23.3 Å². The molecule has 4 aromatic rings. The molecule has 0 N–H and O–H groups in total. The lowest BCUT2D eigenvalue weighted by Gasteiger charge is -1.98. The molecule has 4 heterocycles. The number of hydrogen-bond donors (Lipinski definition) is 0. The van der Waals surface area contributed by atoms with Crippen molar-refractivity contribution in [3.05, 3.63) is 46.7 Å². The van der Waals surface area contributed by atoms with E-state index in [9.17, 15) is 4.79 Å². The van der Waals surface area contributed by atoms with E-state index >= 15 is 0 Å².